The van der Waals surface area contributed by atoms with Crippen LogP contribution in [0.5, 0.6) is 5.75 Å². The van der Waals surface area contributed by atoms with Crippen molar-refractivity contribution in [2.45, 2.75) is 44.3 Å². The highest BCUT2D eigenvalue weighted by molar-refractivity contribution is 7.14. The van der Waals surface area contributed by atoms with E-state index in [0.717, 1.165) is 42.2 Å². The smallest absolute Gasteiger partial charge is 0.419 e. The molecule has 0 aliphatic rings. The van der Waals surface area contributed by atoms with Gasteiger partial charge in [0.15, 0.2) is 0 Å². The molecule has 0 aliphatic carbocycles. The Morgan fingerprint density at radius 1 is 1.03 bits per heavy atom. The van der Waals surface area contributed by atoms with Gasteiger partial charge in [0, 0.05) is 5.56 Å². The largest absolute Gasteiger partial charge is 0.493 e. The van der Waals surface area contributed by atoms with E-state index in [1.807, 2.05) is 0 Å². The summed E-state index contributed by atoms with van der Waals surface area (Å²) in [6, 6.07) is 10.0. The Labute approximate surface area is 193 Å². The van der Waals surface area contributed by atoms with E-state index in [9.17, 15) is 22.7 Å². The number of alkyl halides is 3. The van der Waals surface area contributed by atoms with Crippen molar-refractivity contribution in [3.63, 3.8) is 0 Å². The van der Waals surface area contributed by atoms with Crippen LogP contribution in [0, 0.1) is 5.82 Å². The van der Waals surface area contributed by atoms with Crippen LogP contribution in [-0.2, 0) is 18.1 Å². The minimum atomic E-state index is -4.60. The SMILES string of the molecule is C[C@](N)(CO)c1nnc(-c2ccc(OCCCCCc3ccc(F)cc3)c(C(F)(F)F)c2)s1. The molecule has 2 aromatic carbocycles. The van der Waals surface area contributed by atoms with Crippen LogP contribution in [0.25, 0.3) is 10.6 Å². The highest BCUT2D eigenvalue weighted by Gasteiger charge is 2.35. The van der Waals surface area contributed by atoms with Crippen molar-refractivity contribution in [2.75, 3.05) is 13.2 Å². The summed E-state index contributed by atoms with van der Waals surface area (Å²) in [6.07, 6.45) is -1.64. The monoisotopic (exact) mass is 483 g/mol. The number of aromatic nitrogens is 2. The van der Waals surface area contributed by atoms with Crippen LogP contribution in [0.2, 0.25) is 0 Å². The average Bonchev–Trinajstić information content (AvgIpc) is 3.28. The van der Waals surface area contributed by atoms with Gasteiger partial charge in [-0.25, -0.2) is 4.39 Å². The van der Waals surface area contributed by atoms with Gasteiger partial charge in [0.2, 0.25) is 0 Å². The van der Waals surface area contributed by atoms with Gasteiger partial charge in [0.05, 0.1) is 24.3 Å². The fourth-order valence-electron chi connectivity index (χ4n) is 3.09. The molecule has 0 spiro atoms. The van der Waals surface area contributed by atoms with Crippen LogP contribution >= 0.6 is 11.3 Å². The summed E-state index contributed by atoms with van der Waals surface area (Å²) in [7, 11) is 0. The molecule has 1 heterocycles. The number of halogens is 4. The molecule has 3 aromatic rings. The predicted octanol–water partition coefficient (Wildman–Crippen LogP) is 5.32. The quantitative estimate of drug-likeness (QED) is 0.301. The van der Waals surface area contributed by atoms with Gasteiger partial charge < -0.3 is 15.6 Å². The molecule has 0 fully saturated rings. The molecule has 0 amide bonds. The van der Waals surface area contributed by atoms with Gasteiger partial charge in [-0.15, -0.1) is 10.2 Å². The fourth-order valence-corrected chi connectivity index (χ4v) is 3.98. The second kappa shape index (κ2) is 10.6. The zero-order valence-corrected chi connectivity index (χ0v) is 18.8. The van der Waals surface area contributed by atoms with Gasteiger partial charge >= 0.3 is 6.18 Å². The van der Waals surface area contributed by atoms with Crippen molar-refractivity contribution in [1.82, 2.24) is 10.2 Å². The molecule has 0 bridgehead atoms. The maximum atomic E-state index is 13.6. The Bertz CT molecular complexity index is 1050. The van der Waals surface area contributed by atoms with Crippen molar-refractivity contribution in [1.29, 1.82) is 0 Å². The van der Waals surface area contributed by atoms with E-state index in [-0.39, 0.29) is 35.4 Å². The van der Waals surface area contributed by atoms with Crippen molar-refractivity contribution in [2.24, 2.45) is 5.73 Å². The first-order chi connectivity index (χ1) is 15.6. The third-order valence-corrected chi connectivity index (χ3v) is 6.31. The summed E-state index contributed by atoms with van der Waals surface area (Å²) in [5.41, 5.74) is 5.17. The molecule has 0 saturated heterocycles. The number of aliphatic hydroxyl groups is 1. The van der Waals surface area contributed by atoms with E-state index in [2.05, 4.69) is 10.2 Å². The number of nitrogens with two attached hydrogens (primary N) is 1. The lowest BCUT2D eigenvalue weighted by Crippen LogP contribution is -2.36. The van der Waals surface area contributed by atoms with Crippen molar-refractivity contribution in [3.8, 4) is 16.3 Å². The van der Waals surface area contributed by atoms with Crippen LogP contribution < -0.4 is 10.5 Å². The molecule has 178 valence electrons. The van der Waals surface area contributed by atoms with Crippen LogP contribution in [0.15, 0.2) is 42.5 Å². The molecule has 1 aromatic heterocycles. The van der Waals surface area contributed by atoms with Crippen molar-refractivity contribution < 1.29 is 27.4 Å². The van der Waals surface area contributed by atoms with E-state index < -0.39 is 17.3 Å². The number of unbranched alkanes of at least 4 members (excludes halogenated alkanes) is 2. The lowest BCUT2D eigenvalue weighted by molar-refractivity contribution is -0.138. The van der Waals surface area contributed by atoms with Crippen molar-refractivity contribution in [3.05, 3.63) is 64.4 Å². The van der Waals surface area contributed by atoms with Gasteiger partial charge in [0.1, 0.15) is 21.6 Å². The third-order valence-electron chi connectivity index (χ3n) is 5.05. The maximum absolute atomic E-state index is 13.6. The third kappa shape index (κ3) is 6.72. The second-order valence-electron chi connectivity index (χ2n) is 7.98. The van der Waals surface area contributed by atoms with Crippen LogP contribution in [-0.4, -0.2) is 28.5 Å². The number of aryl methyl sites for hydroxylation is 1. The standard InChI is InChI=1S/C23H25F4N3O2S/c1-22(28,14-31)21-30-29-20(33-21)16-8-11-19(18(13-16)23(25,26)27)32-12-4-2-3-5-15-6-9-17(24)10-7-15/h6-11,13,31H,2-5,12,14,28H2,1H3/t22-/m0/s1. The Morgan fingerprint density at radius 3 is 2.42 bits per heavy atom. The van der Waals surface area contributed by atoms with Crippen LogP contribution in [0.3, 0.4) is 0 Å². The lowest BCUT2D eigenvalue weighted by atomic mass is 10.1. The molecule has 0 saturated carbocycles. The topological polar surface area (TPSA) is 81.3 Å². The summed E-state index contributed by atoms with van der Waals surface area (Å²) in [4.78, 5) is 0. The molecule has 0 radical (unpaired) electrons. The molecule has 0 unspecified atom stereocenters. The summed E-state index contributed by atoms with van der Waals surface area (Å²) < 4.78 is 59.3. The van der Waals surface area contributed by atoms with Gasteiger partial charge in [-0.05, 0) is 68.5 Å². The van der Waals surface area contributed by atoms with Crippen LogP contribution in [0.4, 0.5) is 17.6 Å². The van der Waals surface area contributed by atoms with Gasteiger partial charge in [-0.1, -0.05) is 23.5 Å². The number of nitrogens with zero attached hydrogens (tertiary/aromatic N) is 2. The predicted molar refractivity (Wildman–Crippen MR) is 118 cm³/mol. The van der Waals surface area contributed by atoms with E-state index >= 15 is 0 Å². The number of hydrogen-bond donors (Lipinski definition) is 2. The van der Waals surface area contributed by atoms with Gasteiger partial charge in [-0.3, -0.25) is 0 Å². The zero-order chi connectivity index (χ0) is 24.1. The second-order valence-corrected chi connectivity index (χ2v) is 8.96. The molecule has 10 heteroatoms. The molecular weight excluding hydrogens is 458 g/mol. The van der Waals surface area contributed by atoms with E-state index in [4.69, 9.17) is 10.5 Å². The van der Waals surface area contributed by atoms with Crippen LogP contribution in [0.1, 0.15) is 42.3 Å². The first kappa shape index (κ1) is 25.1. The Kier molecular flexibility index (Phi) is 8.04. The Morgan fingerprint density at radius 2 is 1.76 bits per heavy atom. The summed E-state index contributed by atoms with van der Waals surface area (Å²) in [5, 5.41) is 17.8. The Balaban J connectivity index is 1.61. The molecule has 5 nitrogen and oxygen atoms in total. The van der Waals surface area contributed by atoms with E-state index in [1.54, 1.807) is 19.1 Å². The van der Waals surface area contributed by atoms with Gasteiger partial charge in [0.25, 0.3) is 0 Å². The number of hydrogen-bond acceptors (Lipinski definition) is 6. The molecule has 3 N–H and O–H groups in total. The summed E-state index contributed by atoms with van der Waals surface area (Å²) in [6.45, 7) is 1.35. The minimum absolute atomic E-state index is 0.150. The highest BCUT2D eigenvalue weighted by atomic mass is 32.1. The highest BCUT2D eigenvalue weighted by Crippen LogP contribution is 2.39. The molecule has 3 rings (SSSR count). The molecular formula is C23H25F4N3O2S. The zero-order valence-electron chi connectivity index (χ0n) is 18.0. The van der Waals surface area contributed by atoms with E-state index in [1.165, 1.54) is 24.3 Å². The number of benzene rings is 2. The summed E-state index contributed by atoms with van der Waals surface area (Å²) in [5.74, 6) is -0.526. The van der Waals surface area contributed by atoms with E-state index in [0.29, 0.717) is 11.4 Å². The molecule has 0 aliphatic heterocycles. The lowest BCUT2D eigenvalue weighted by Gasteiger charge is -2.17. The Hall–Kier alpha value is -2.56. The van der Waals surface area contributed by atoms with Gasteiger partial charge in [-0.2, -0.15) is 13.2 Å². The minimum Gasteiger partial charge on any atom is -0.493 e. The number of rotatable bonds is 10. The number of ether oxygens (including phenoxy) is 1. The fraction of sp³-hybridized carbons (Fsp3) is 0.391. The molecule has 33 heavy (non-hydrogen) atoms. The average molecular weight is 484 g/mol. The maximum Gasteiger partial charge on any atom is 0.419 e. The summed E-state index contributed by atoms with van der Waals surface area (Å²) >= 11 is 1.03. The number of aliphatic hydroxyl groups excluding tert-OH is 1. The molecule has 1 atom stereocenters. The normalized spacial score (nSPS) is 13.7. The van der Waals surface area contributed by atoms with Crippen molar-refractivity contribution >= 4 is 11.3 Å². The first-order valence-corrected chi connectivity index (χ1v) is 11.2. The first-order valence-electron chi connectivity index (χ1n) is 10.4.